The average molecular weight is 304 g/mol. The summed E-state index contributed by atoms with van der Waals surface area (Å²) in [5.74, 6) is 1.77. The zero-order valence-electron chi connectivity index (χ0n) is 11.9. The topological polar surface area (TPSA) is 104 Å². The summed E-state index contributed by atoms with van der Waals surface area (Å²) in [5, 5.41) is 6.29. The number of hydrogen-bond acceptors (Lipinski definition) is 7. The minimum atomic E-state index is 0.525. The molecule has 4 rings (SSSR count). The van der Waals surface area contributed by atoms with Crippen LogP contribution >= 0.6 is 0 Å². The molecule has 3 aromatic heterocycles. The number of para-hydroxylation sites is 1. The third kappa shape index (κ3) is 2.77. The van der Waals surface area contributed by atoms with Crippen LogP contribution in [0.1, 0.15) is 0 Å². The lowest BCUT2D eigenvalue weighted by atomic mass is 10.3. The van der Waals surface area contributed by atoms with Crippen molar-refractivity contribution < 1.29 is 0 Å². The first-order chi connectivity index (χ1) is 11.4. The summed E-state index contributed by atoms with van der Waals surface area (Å²) in [6.45, 7) is 0. The highest BCUT2D eigenvalue weighted by Crippen LogP contribution is 2.23. The van der Waals surface area contributed by atoms with Gasteiger partial charge < -0.3 is 15.6 Å². The van der Waals surface area contributed by atoms with Crippen molar-refractivity contribution in [2.24, 2.45) is 0 Å². The van der Waals surface area contributed by atoms with Crippen molar-refractivity contribution in [2.75, 3.05) is 10.6 Å². The lowest BCUT2D eigenvalue weighted by Crippen LogP contribution is -1.96. The van der Waals surface area contributed by atoms with Gasteiger partial charge in [-0.3, -0.25) is 4.98 Å². The summed E-state index contributed by atoms with van der Waals surface area (Å²) in [6.07, 6.45) is 6.30. The first-order valence-electron chi connectivity index (χ1n) is 6.94. The molecule has 0 aliphatic carbocycles. The molecule has 1 aromatic carbocycles. The van der Waals surface area contributed by atoms with Gasteiger partial charge in [0.15, 0.2) is 17.3 Å². The molecule has 0 unspecified atom stereocenters. The fraction of sp³-hybridized carbons (Fsp3) is 0. The Morgan fingerprint density at radius 1 is 0.913 bits per heavy atom. The molecule has 0 atom stereocenters. The quantitative estimate of drug-likeness (QED) is 0.532. The summed E-state index contributed by atoms with van der Waals surface area (Å²) in [7, 11) is 0. The van der Waals surface area contributed by atoms with Gasteiger partial charge in [-0.1, -0.05) is 18.2 Å². The molecule has 8 nitrogen and oxygen atoms in total. The Morgan fingerprint density at radius 3 is 2.65 bits per heavy atom. The Hall–Kier alpha value is -3.55. The molecule has 0 fully saturated rings. The fourth-order valence-corrected chi connectivity index (χ4v) is 2.13. The minimum Gasteiger partial charge on any atom is -0.338 e. The highest BCUT2D eigenvalue weighted by atomic mass is 15.2. The summed E-state index contributed by atoms with van der Waals surface area (Å²) < 4.78 is 0. The maximum atomic E-state index is 4.38. The van der Waals surface area contributed by atoms with Crippen LogP contribution in [0.4, 0.5) is 23.3 Å². The molecule has 0 spiro atoms. The van der Waals surface area contributed by atoms with E-state index in [2.05, 4.69) is 40.5 Å². The van der Waals surface area contributed by atoms with Crippen LogP contribution in [-0.2, 0) is 0 Å². The van der Waals surface area contributed by atoms with E-state index >= 15 is 0 Å². The molecule has 0 saturated heterocycles. The first-order valence-corrected chi connectivity index (χ1v) is 6.94. The number of nitrogens with zero attached hydrogens (tertiary/aromatic N) is 5. The molecule has 4 aromatic rings. The Bertz CT molecular complexity index is 920. The number of rotatable bonds is 4. The Balaban J connectivity index is 1.67. The summed E-state index contributed by atoms with van der Waals surface area (Å²) in [4.78, 5) is 24.1. The second-order valence-electron chi connectivity index (χ2n) is 4.71. The zero-order valence-corrected chi connectivity index (χ0v) is 11.9. The van der Waals surface area contributed by atoms with E-state index in [-0.39, 0.29) is 0 Å². The van der Waals surface area contributed by atoms with Gasteiger partial charge in [0, 0.05) is 18.1 Å². The number of benzene rings is 1. The van der Waals surface area contributed by atoms with Crippen LogP contribution in [-0.4, -0.2) is 29.9 Å². The molecule has 0 amide bonds. The van der Waals surface area contributed by atoms with Gasteiger partial charge >= 0.3 is 0 Å². The third-order valence-corrected chi connectivity index (χ3v) is 3.13. The molecular formula is C15H12N8. The molecule has 112 valence electrons. The lowest BCUT2D eigenvalue weighted by molar-refractivity contribution is 1.17. The number of nitrogens with one attached hydrogen (secondary N) is 3. The molecule has 8 heteroatoms. The van der Waals surface area contributed by atoms with Crippen molar-refractivity contribution in [1.82, 2.24) is 29.9 Å². The maximum Gasteiger partial charge on any atom is 0.208 e. The van der Waals surface area contributed by atoms with Crippen molar-refractivity contribution in [3.8, 4) is 0 Å². The van der Waals surface area contributed by atoms with Gasteiger partial charge in [-0.2, -0.15) is 4.98 Å². The first kappa shape index (κ1) is 13.1. The number of aromatic amines is 1. The number of fused-ring (bicyclic) bond motifs is 1. The second kappa shape index (κ2) is 5.68. The molecular weight excluding hydrogens is 292 g/mol. The SMILES string of the molecule is c1ccc(Nc2ncnc3nc(Nc4cnccn4)[nH]c23)cc1. The van der Waals surface area contributed by atoms with Crippen LogP contribution in [0.3, 0.4) is 0 Å². The molecule has 3 N–H and O–H groups in total. The molecule has 3 heterocycles. The smallest absolute Gasteiger partial charge is 0.208 e. The maximum absolute atomic E-state index is 4.38. The van der Waals surface area contributed by atoms with Gasteiger partial charge in [0.2, 0.25) is 5.95 Å². The molecule has 0 aliphatic rings. The molecule has 0 saturated carbocycles. The monoisotopic (exact) mass is 304 g/mol. The largest absolute Gasteiger partial charge is 0.338 e. The fourth-order valence-electron chi connectivity index (χ4n) is 2.13. The van der Waals surface area contributed by atoms with Crippen LogP contribution in [0.5, 0.6) is 0 Å². The van der Waals surface area contributed by atoms with Crippen LogP contribution in [0, 0.1) is 0 Å². The number of aromatic nitrogens is 6. The number of anilines is 4. The van der Waals surface area contributed by atoms with Crippen molar-refractivity contribution in [1.29, 1.82) is 0 Å². The highest BCUT2D eigenvalue weighted by Gasteiger charge is 2.10. The molecule has 0 aliphatic heterocycles. The molecule has 0 radical (unpaired) electrons. The van der Waals surface area contributed by atoms with Gasteiger partial charge in [-0.15, -0.1) is 0 Å². The van der Waals surface area contributed by atoms with Crippen molar-refractivity contribution in [3.63, 3.8) is 0 Å². The van der Waals surface area contributed by atoms with E-state index in [1.807, 2.05) is 30.3 Å². The standard InChI is InChI=1S/C15H12N8/c1-2-4-10(5-3-1)20-13-12-14(19-9-18-13)23-15(22-12)21-11-8-16-6-7-17-11/h1-9H,(H3,17,18,19,20,21,22,23). The van der Waals surface area contributed by atoms with Crippen LogP contribution in [0.25, 0.3) is 11.2 Å². The van der Waals surface area contributed by atoms with Gasteiger partial charge in [-0.25, -0.2) is 15.0 Å². The van der Waals surface area contributed by atoms with E-state index < -0.39 is 0 Å². The van der Waals surface area contributed by atoms with E-state index in [0.29, 0.717) is 28.7 Å². The normalized spacial score (nSPS) is 10.6. The van der Waals surface area contributed by atoms with Gasteiger partial charge in [0.05, 0.1) is 6.20 Å². The summed E-state index contributed by atoms with van der Waals surface area (Å²) in [5.41, 5.74) is 2.21. The molecule has 0 bridgehead atoms. The summed E-state index contributed by atoms with van der Waals surface area (Å²) >= 11 is 0. The predicted molar refractivity (Wildman–Crippen MR) is 86.7 cm³/mol. The van der Waals surface area contributed by atoms with E-state index in [9.17, 15) is 0 Å². The van der Waals surface area contributed by atoms with Gasteiger partial charge in [-0.05, 0) is 12.1 Å². The summed E-state index contributed by atoms with van der Waals surface area (Å²) in [6, 6.07) is 9.79. The minimum absolute atomic E-state index is 0.525. The van der Waals surface area contributed by atoms with E-state index in [0.717, 1.165) is 5.69 Å². The van der Waals surface area contributed by atoms with Crippen LogP contribution in [0.15, 0.2) is 55.2 Å². The van der Waals surface area contributed by atoms with E-state index in [1.54, 1.807) is 18.6 Å². The predicted octanol–water partition coefficient (Wildman–Crippen LogP) is 2.63. The van der Waals surface area contributed by atoms with Crippen molar-refractivity contribution >= 4 is 34.4 Å². The number of hydrogen-bond donors (Lipinski definition) is 3. The zero-order chi connectivity index (χ0) is 15.5. The second-order valence-corrected chi connectivity index (χ2v) is 4.71. The van der Waals surface area contributed by atoms with Crippen molar-refractivity contribution in [3.05, 3.63) is 55.2 Å². The Morgan fingerprint density at radius 2 is 1.83 bits per heavy atom. The third-order valence-electron chi connectivity index (χ3n) is 3.13. The van der Waals surface area contributed by atoms with Crippen LogP contribution < -0.4 is 10.6 Å². The molecule has 23 heavy (non-hydrogen) atoms. The number of H-pyrrole nitrogens is 1. The van der Waals surface area contributed by atoms with Crippen LogP contribution in [0.2, 0.25) is 0 Å². The number of imidazole rings is 1. The Labute approximate surface area is 131 Å². The van der Waals surface area contributed by atoms with Crippen molar-refractivity contribution in [2.45, 2.75) is 0 Å². The van der Waals surface area contributed by atoms with E-state index in [4.69, 9.17) is 0 Å². The lowest BCUT2D eigenvalue weighted by Gasteiger charge is -2.05. The van der Waals surface area contributed by atoms with Gasteiger partial charge in [0.1, 0.15) is 11.8 Å². The van der Waals surface area contributed by atoms with E-state index in [1.165, 1.54) is 6.33 Å². The van der Waals surface area contributed by atoms with Gasteiger partial charge in [0.25, 0.3) is 0 Å². The Kier molecular flexibility index (Phi) is 3.24. The average Bonchev–Trinajstić information content (AvgIpc) is 3.00. The highest BCUT2D eigenvalue weighted by molar-refractivity contribution is 5.86.